The summed E-state index contributed by atoms with van der Waals surface area (Å²) in [6, 6.07) is 6.96. The molecule has 8 heteroatoms. The Labute approximate surface area is 147 Å². The minimum absolute atomic E-state index is 0.0194. The fraction of sp³-hybridized carbons (Fsp3) is 0.529. The van der Waals surface area contributed by atoms with Crippen LogP contribution in [0.15, 0.2) is 24.3 Å². The molecule has 2 heterocycles. The Bertz CT molecular complexity index is 792. The molecule has 3 rings (SSSR count). The van der Waals surface area contributed by atoms with E-state index in [1.807, 2.05) is 12.1 Å². The van der Waals surface area contributed by atoms with Gasteiger partial charge in [0.2, 0.25) is 5.91 Å². The maximum absolute atomic E-state index is 12.4. The first-order valence-corrected chi connectivity index (χ1v) is 10.1. The van der Waals surface area contributed by atoms with Crippen LogP contribution in [0.1, 0.15) is 19.8 Å². The quantitative estimate of drug-likeness (QED) is 0.788. The maximum atomic E-state index is 12.4. The number of anilines is 1. The fourth-order valence-corrected chi connectivity index (χ4v) is 5.03. The molecule has 1 fully saturated rings. The van der Waals surface area contributed by atoms with Crippen LogP contribution in [0, 0.1) is 0 Å². The number of carbonyl (C=O) groups is 2. The van der Waals surface area contributed by atoms with Crippen LogP contribution in [-0.4, -0.2) is 62.4 Å². The van der Waals surface area contributed by atoms with E-state index >= 15 is 0 Å². The zero-order valence-corrected chi connectivity index (χ0v) is 15.2. The molecule has 2 amide bonds. The van der Waals surface area contributed by atoms with Crippen LogP contribution in [0.3, 0.4) is 0 Å². The van der Waals surface area contributed by atoms with Crippen LogP contribution in [0.25, 0.3) is 0 Å². The van der Waals surface area contributed by atoms with Crippen molar-refractivity contribution in [3.8, 4) is 5.75 Å². The lowest BCUT2D eigenvalue weighted by molar-refractivity contribution is -0.131. The Hall–Kier alpha value is -2.09. The molecule has 136 valence electrons. The molecular weight excluding hydrogens is 344 g/mol. The van der Waals surface area contributed by atoms with Gasteiger partial charge in [-0.2, -0.15) is 0 Å². The second-order valence-electron chi connectivity index (χ2n) is 6.53. The second-order valence-corrected chi connectivity index (χ2v) is 8.76. The lowest BCUT2D eigenvalue weighted by Crippen LogP contribution is -2.46. The van der Waals surface area contributed by atoms with Crippen molar-refractivity contribution in [1.82, 2.24) is 4.90 Å². The van der Waals surface area contributed by atoms with Gasteiger partial charge in [-0.1, -0.05) is 12.1 Å². The molecule has 0 N–H and O–H groups in total. The smallest absolute Gasteiger partial charge is 0.267 e. The number of para-hydroxylation sites is 2. The van der Waals surface area contributed by atoms with E-state index in [0.717, 1.165) is 0 Å². The Morgan fingerprint density at radius 1 is 1.36 bits per heavy atom. The van der Waals surface area contributed by atoms with E-state index in [9.17, 15) is 18.0 Å². The zero-order valence-electron chi connectivity index (χ0n) is 14.3. The average Bonchev–Trinajstić information content (AvgIpc) is 2.94. The third-order valence-electron chi connectivity index (χ3n) is 4.77. The van der Waals surface area contributed by atoms with Gasteiger partial charge in [0.05, 0.1) is 17.2 Å². The largest absolute Gasteiger partial charge is 0.479 e. The SMILES string of the molecule is CC1Oc2ccccc2N(CCC(=O)N(C)C2CCS(=O)(=O)C2)C1=O. The standard InChI is InChI=1S/C17H22N2O5S/c1-12-17(21)19(14-5-3-4-6-15(14)24-12)9-7-16(20)18(2)13-8-10-25(22,23)11-13/h3-6,12-13H,7-11H2,1-2H3. The first kappa shape index (κ1) is 17.7. The number of ether oxygens (including phenoxy) is 1. The van der Waals surface area contributed by atoms with Gasteiger partial charge in [0.25, 0.3) is 5.91 Å². The lowest BCUT2D eigenvalue weighted by atomic mass is 10.1. The molecule has 25 heavy (non-hydrogen) atoms. The molecule has 2 unspecified atom stereocenters. The molecule has 2 aliphatic heterocycles. The summed E-state index contributed by atoms with van der Waals surface area (Å²) >= 11 is 0. The fourth-order valence-electron chi connectivity index (χ4n) is 3.26. The van der Waals surface area contributed by atoms with E-state index in [1.54, 1.807) is 31.0 Å². The van der Waals surface area contributed by atoms with Gasteiger partial charge in [0, 0.05) is 26.1 Å². The number of sulfone groups is 1. The molecule has 0 spiro atoms. The van der Waals surface area contributed by atoms with Crippen LogP contribution < -0.4 is 9.64 Å². The van der Waals surface area contributed by atoms with E-state index in [2.05, 4.69) is 0 Å². The second kappa shape index (κ2) is 6.67. The molecule has 0 aromatic heterocycles. The maximum Gasteiger partial charge on any atom is 0.267 e. The van der Waals surface area contributed by atoms with Crippen molar-refractivity contribution >= 4 is 27.3 Å². The summed E-state index contributed by atoms with van der Waals surface area (Å²) in [7, 11) is -1.41. The molecule has 1 aromatic carbocycles. The van der Waals surface area contributed by atoms with Gasteiger partial charge in [0.1, 0.15) is 5.75 Å². The first-order valence-electron chi connectivity index (χ1n) is 8.31. The highest BCUT2D eigenvalue weighted by Gasteiger charge is 2.34. The summed E-state index contributed by atoms with van der Waals surface area (Å²) in [5.41, 5.74) is 0.657. The Morgan fingerprint density at radius 2 is 2.08 bits per heavy atom. The van der Waals surface area contributed by atoms with E-state index in [1.165, 1.54) is 4.90 Å². The zero-order chi connectivity index (χ0) is 18.2. The van der Waals surface area contributed by atoms with E-state index in [4.69, 9.17) is 4.74 Å². The predicted octanol–water partition coefficient (Wildman–Crippen LogP) is 0.836. The van der Waals surface area contributed by atoms with Gasteiger partial charge in [-0.15, -0.1) is 0 Å². The third kappa shape index (κ3) is 3.63. The first-order chi connectivity index (χ1) is 11.8. The minimum atomic E-state index is -3.04. The molecule has 0 aliphatic carbocycles. The van der Waals surface area contributed by atoms with Gasteiger partial charge in [-0.25, -0.2) is 8.42 Å². The van der Waals surface area contributed by atoms with Crippen molar-refractivity contribution < 1.29 is 22.7 Å². The Balaban J connectivity index is 1.66. The summed E-state index contributed by atoms with van der Waals surface area (Å²) in [6.45, 7) is 1.93. The highest BCUT2D eigenvalue weighted by atomic mass is 32.2. The lowest BCUT2D eigenvalue weighted by Gasteiger charge is -2.33. The number of hydrogen-bond donors (Lipinski definition) is 0. The van der Waals surface area contributed by atoms with Gasteiger partial charge >= 0.3 is 0 Å². The van der Waals surface area contributed by atoms with Gasteiger partial charge in [0.15, 0.2) is 15.9 Å². The highest BCUT2D eigenvalue weighted by Crippen LogP contribution is 2.33. The predicted molar refractivity (Wildman–Crippen MR) is 93.3 cm³/mol. The number of rotatable bonds is 4. The van der Waals surface area contributed by atoms with E-state index in [0.29, 0.717) is 17.9 Å². The molecule has 2 atom stereocenters. The van der Waals surface area contributed by atoms with Crippen molar-refractivity contribution in [2.75, 3.05) is 30.0 Å². The van der Waals surface area contributed by atoms with Crippen LogP contribution in [0.5, 0.6) is 5.75 Å². The molecule has 0 bridgehead atoms. The van der Waals surface area contributed by atoms with Crippen molar-refractivity contribution in [2.24, 2.45) is 0 Å². The topological polar surface area (TPSA) is 84.0 Å². The summed E-state index contributed by atoms with van der Waals surface area (Å²) in [6.07, 6.45) is 0.0172. The van der Waals surface area contributed by atoms with Gasteiger partial charge in [-0.05, 0) is 25.5 Å². The van der Waals surface area contributed by atoms with Crippen molar-refractivity contribution in [1.29, 1.82) is 0 Å². The van der Waals surface area contributed by atoms with Crippen molar-refractivity contribution in [3.63, 3.8) is 0 Å². The van der Waals surface area contributed by atoms with Crippen molar-refractivity contribution in [3.05, 3.63) is 24.3 Å². The van der Waals surface area contributed by atoms with Crippen LogP contribution in [0.2, 0.25) is 0 Å². The number of amides is 2. The molecule has 1 saturated heterocycles. The van der Waals surface area contributed by atoms with E-state index in [-0.39, 0.29) is 42.3 Å². The monoisotopic (exact) mass is 366 g/mol. The number of benzene rings is 1. The van der Waals surface area contributed by atoms with Gasteiger partial charge < -0.3 is 14.5 Å². The number of hydrogen-bond acceptors (Lipinski definition) is 5. The number of fused-ring (bicyclic) bond motifs is 1. The molecule has 7 nitrogen and oxygen atoms in total. The summed E-state index contributed by atoms with van der Waals surface area (Å²) < 4.78 is 28.7. The molecule has 0 radical (unpaired) electrons. The molecule has 0 saturated carbocycles. The Kier molecular flexibility index (Phi) is 4.73. The Morgan fingerprint density at radius 3 is 2.76 bits per heavy atom. The summed E-state index contributed by atoms with van der Waals surface area (Å²) in [5.74, 6) is 0.426. The van der Waals surface area contributed by atoms with Crippen LogP contribution in [0.4, 0.5) is 5.69 Å². The number of nitrogens with zero attached hydrogens (tertiary/aromatic N) is 2. The third-order valence-corrected chi connectivity index (χ3v) is 6.52. The highest BCUT2D eigenvalue weighted by molar-refractivity contribution is 7.91. The van der Waals surface area contributed by atoms with Crippen LogP contribution >= 0.6 is 0 Å². The number of carbonyl (C=O) groups excluding carboxylic acids is 2. The minimum Gasteiger partial charge on any atom is -0.479 e. The van der Waals surface area contributed by atoms with E-state index < -0.39 is 15.9 Å². The average molecular weight is 366 g/mol. The van der Waals surface area contributed by atoms with Gasteiger partial charge in [-0.3, -0.25) is 9.59 Å². The molecule has 1 aromatic rings. The molecular formula is C17H22N2O5S. The molecule has 2 aliphatic rings. The summed E-state index contributed by atoms with van der Waals surface area (Å²) in [5, 5.41) is 0. The van der Waals surface area contributed by atoms with Crippen molar-refractivity contribution in [2.45, 2.75) is 31.9 Å². The normalized spacial score (nSPS) is 24.6. The summed E-state index contributed by atoms with van der Waals surface area (Å²) in [4.78, 5) is 27.9. The van der Waals surface area contributed by atoms with Crippen LogP contribution in [-0.2, 0) is 19.4 Å².